The van der Waals surface area contributed by atoms with Crippen LogP contribution in [-0.4, -0.2) is 46.0 Å². The van der Waals surface area contributed by atoms with Gasteiger partial charge in [-0.1, -0.05) is 23.2 Å². The van der Waals surface area contributed by atoms with E-state index in [0.29, 0.717) is 18.2 Å². The number of carbonyl (C=O) groups is 1. The third-order valence-corrected chi connectivity index (χ3v) is 4.53. The van der Waals surface area contributed by atoms with Crippen molar-refractivity contribution in [1.82, 2.24) is 20.4 Å². The number of ether oxygens (including phenoxy) is 1. The van der Waals surface area contributed by atoms with Gasteiger partial charge in [0.2, 0.25) is 11.7 Å². The van der Waals surface area contributed by atoms with Crippen LogP contribution >= 0.6 is 35.4 Å². The summed E-state index contributed by atoms with van der Waals surface area (Å²) in [4.78, 5) is 12.7. The first kappa shape index (κ1) is 20.3. The maximum absolute atomic E-state index is 12.7. The molecule has 0 spiro atoms. The van der Waals surface area contributed by atoms with Crippen LogP contribution in [0.15, 0.2) is 18.3 Å². The lowest BCUT2D eigenvalue weighted by molar-refractivity contribution is 0.103. The molecule has 0 aliphatic carbocycles. The Morgan fingerprint density at radius 2 is 2.12 bits per heavy atom. The number of aromatic nitrogens is 2. The molecule has 0 radical (unpaired) electrons. The van der Waals surface area contributed by atoms with E-state index < -0.39 is 5.78 Å². The number of benzene rings is 1. The molecule has 1 aromatic heterocycles. The molecular weight excluding hydrogens is 399 g/mol. The predicted molar refractivity (Wildman–Crippen MR) is 105 cm³/mol. The molecule has 0 aliphatic heterocycles. The number of carbonyl (C=O) groups excluding carboxylic acids is 1. The van der Waals surface area contributed by atoms with Crippen LogP contribution < -0.4 is 15.4 Å². The van der Waals surface area contributed by atoms with Gasteiger partial charge in [0, 0.05) is 19.2 Å². The van der Waals surface area contributed by atoms with Crippen molar-refractivity contribution in [3.63, 3.8) is 0 Å². The normalized spacial score (nSPS) is 10.5. The molecule has 3 N–H and O–H groups in total. The van der Waals surface area contributed by atoms with Crippen LogP contribution in [-0.2, 0) is 6.54 Å². The molecule has 26 heavy (non-hydrogen) atoms. The van der Waals surface area contributed by atoms with E-state index >= 15 is 0 Å². The zero-order chi connectivity index (χ0) is 19.3. The van der Waals surface area contributed by atoms with Crippen LogP contribution in [0.4, 0.5) is 0 Å². The van der Waals surface area contributed by atoms with Crippen molar-refractivity contribution in [1.29, 1.82) is 0 Å². The van der Waals surface area contributed by atoms with Gasteiger partial charge in [0.15, 0.2) is 10.9 Å². The van der Waals surface area contributed by atoms with Gasteiger partial charge in [-0.25, -0.2) is 4.68 Å². The third kappa shape index (κ3) is 4.38. The molecule has 1 aromatic carbocycles. The summed E-state index contributed by atoms with van der Waals surface area (Å²) in [5.41, 5.74) is 0.221. The van der Waals surface area contributed by atoms with Crippen LogP contribution in [0.5, 0.6) is 11.6 Å². The minimum absolute atomic E-state index is 0.0584. The van der Waals surface area contributed by atoms with Gasteiger partial charge in [-0.3, -0.25) is 4.79 Å². The average Bonchev–Trinajstić information content (AvgIpc) is 3.00. The molecule has 7 nitrogen and oxygen atoms in total. The van der Waals surface area contributed by atoms with Crippen molar-refractivity contribution in [3.8, 4) is 11.6 Å². The maximum atomic E-state index is 12.7. The van der Waals surface area contributed by atoms with E-state index in [1.54, 1.807) is 14.0 Å². The Morgan fingerprint density at radius 3 is 2.73 bits per heavy atom. The summed E-state index contributed by atoms with van der Waals surface area (Å²) in [6, 6.07) is 3.00. The molecule has 0 saturated heterocycles. The van der Waals surface area contributed by atoms with Crippen molar-refractivity contribution in [2.75, 3.05) is 20.2 Å². The molecule has 0 saturated carbocycles. The molecule has 140 valence electrons. The van der Waals surface area contributed by atoms with E-state index in [2.05, 4.69) is 15.7 Å². The van der Waals surface area contributed by atoms with Gasteiger partial charge in [-0.15, -0.1) is 0 Å². The fourth-order valence-electron chi connectivity index (χ4n) is 2.16. The van der Waals surface area contributed by atoms with Crippen LogP contribution in [0, 0.1) is 0 Å². The second kappa shape index (κ2) is 9.07. The lowest BCUT2D eigenvalue weighted by Gasteiger charge is -2.13. The van der Waals surface area contributed by atoms with Gasteiger partial charge in [0.25, 0.3) is 0 Å². The molecule has 0 amide bonds. The minimum Gasteiger partial charge on any atom is -0.493 e. The lowest BCUT2D eigenvalue weighted by atomic mass is 10.1. The fourth-order valence-corrected chi connectivity index (χ4v) is 2.83. The molecule has 0 fully saturated rings. The molecule has 2 rings (SSSR count). The van der Waals surface area contributed by atoms with Crippen molar-refractivity contribution in [2.45, 2.75) is 13.5 Å². The largest absolute Gasteiger partial charge is 0.493 e. The van der Waals surface area contributed by atoms with E-state index in [4.69, 9.17) is 40.2 Å². The number of hydrogen-bond acceptors (Lipinski definition) is 5. The Hall–Kier alpha value is -2.03. The Balaban J connectivity index is 2.21. The number of aryl methyl sites for hydroxylation is 1. The molecule has 0 atom stereocenters. The topological polar surface area (TPSA) is 88.4 Å². The highest BCUT2D eigenvalue weighted by Gasteiger charge is 2.23. The molecular formula is C16H18Cl2N4O3S. The molecule has 0 aliphatic rings. The first-order valence-corrected chi connectivity index (χ1v) is 8.92. The SMILES string of the molecule is CCn1ncc(C(=O)c2ccc(Cl)c(OCCNC(=S)NC)c2Cl)c1O. The van der Waals surface area contributed by atoms with Gasteiger partial charge >= 0.3 is 0 Å². The highest BCUT2D eigenvalue weighted by atomic mass is 35.5. The third-order valence-electron chi connectivity index (χ3n) is 3.51. The van der Waals surface area contributed by atoms with Gasteiger partial charge in [-0.2, -0.15) is 5.10 Å². The standard InChI is InChI=1S/C16H18Cl2N4O3S/c1-3-22-15(24)10(8-21-22)13(23)9-4-5-11(17)14(12(9)18)25-7-6-20-16(26)19-2/h4-5,8,24H,3,6-7H2,1-2H3,(H2,19,20,26). The zero-order valence-corrected chi connectivity index (χ0v) is 16.5. The predicted octanol–water partition coefficient (Wildman–Crippen LogP) is 2.62. The minimum atomic E-state index is -0.469. The van der Waals surface area contributed by atoms with Crippen LogP contribution in [0.3, 0.4) is 0 Å². The summed E-state index contributed by atoms with van der Waals surface area (Å²) in [7, 11) is 1.70. The maximum Gasteiger partial charge on any atom is 0.220 e. The van der Waals surface area contributed by atoms with E-state index in [9.17, 15) is 9.90 Å². The summed E-state index contributed by atoms with van der Waals surface area (Å²) in [5.74, 6) is -0.488. The zero-order valence-electron chi connectivity index (χ0n) is 14.2. The molecule has 10 heteroatoms. The summed E-state index contributed by atoms with van der Waals surface area (Å²) in [6.45, 7) is 2.89. The number of ketones is 1. The summed E-state index contributed by atoms with van der Waals surface area (Å²) in [6.07, 6.45) is 1.30. The van der Waals surface area contributed by atoms with Crippen LogP contribution in [0.1, 0.15) is 22.8 Å². The fraction of sp³-hybridized carbons (Fsp3) is 0.312. The number of thiocarbonyl (C=S) groups is 1. The molecule has 1 heterocycles. The highest BCUT2D eigenvalue weighted by Crippen LogP contribution is 2.37. The highest BCUT2D eigenvalue weighted by molar-refractivity contribution is 7.80. The first-order valence-electron chi connectivity index (χ1n) is 7.76. The summed E-state index contributed by atoms with van der Waals surface area (Å²) in [5, 5.41) is 20.6. The molecule has 0 bridgehead atoms. The average molecular weight is 417 g/mol. The van der Waals surface area contributed by atoms with Crippen molar-refractivity contribution < 1.29 is 14.6 Å². The summed E-state index contributed by atoms with van der Waals surface area (Å²) >= 11 is 17.4. The van der Waals surface area contributed by atoms with E-state index in [0.717, 1.165) is 0 Å². The Morgan fingerprint density at radius 1 is 1.38 bits per heavy atom. The number of halogens is 2. The monoisotopic (exact) mass is 416 g/mol. The van der Waals surface area contributed by atoms with E-state index in [1.165, 1.54) is 23.0 Å². The van der Waals surface area contributed by atoms with Crippen molar-refractivity contribution in [3.05, 3.63) is 39.5 Å². The van der Waals surface area contributed by atoms with Crippen LogP contribution in [0.2, 0.25) is 10.0 Å². The van der Waals surface area contributed by atoms with Gasteiger partial charge in [-0.05, 0) is 31.3 Å². The molecule has 0 unspecified atom stereocenters. The quantitative estimate of drug-likeness (QED) is 0.363. The second-order valence-corrected chi connectivity index (χ2v) is 6.31. The summed E-state index contributed by atoms with van der Waals surface area (Å²) < 4.78 is 6.91. The first-order chi connectivity index (χ1) is 12.4. The number of aromatic hydroxyl groups is 1. The van der Waals surface area contributed by atoms with Crippen LogP contribution in [0.25, 0.3) is 0 Å². The second-order valence-electron chi connectivity index (χ2n) is 5.12. The number of rotatable bonds is 7. The number of hydrogen-bond donors (Lipinski definition) is 3. The Bertz CT molecular complexity index is 826. The van der Waals surface area contributed by atoms with Gasteiger partial charge in [0.1, 0.15) is 12.2 Å². The van der Waals surface area contributed by atoms with Crippen molar-refractivity contribution in [2.24, 2.45) is 0 Å². The Labute approximate surface area is 166 Å². The van der Waals surface area contributed by atoms with Gasteiger partial charge < -0.3 is 20.5 Å². The number of nitrogens with zero attached hydrogens (tertiary/aromatic N) is 2. The number of nitrogens with one attached hydrogen (secondary N) is 2. The molecule has 2 aromatic rings. The van der Waals surface area contributed by atoms with Crippen molar-refractivity contribution >= 4 is 46.3 Å². The van der Waals surface area contributed by atoms with E-state index in [-0.39, 0.29) is 39.4 Å². The Kier molecular flexibility index (Phi) is 7.07. The smallest absolute Gasteiger partial charge is 0.220 e. The van der Waals surface area contributed by atoms with Gasteiger partial charge in [0.05, 0.1) is 22.8 Å². The van der Waals surface area contributed by atoms with E-state index in [1.807, 2.05) is 0 Å². The lowest BCUT2D eigenvalue weighted by Crippen LogP contribution is -2.35.